The van der Waals surface area contributed by atoms with Gasteiger partial charge < -0.3 is 4.74 Å². The van der Waals surface area contributed by atoms with E-state index in [1.165, 1.54) is 25.7 Å². The molecule has 0 aliphatic heterocycles. The van der Waals surface area contributed by atoms with Crippen molar-refractivity contribution in [2.75, 3.05) is 13.2 Å². The minimum Gasteiger partial charge on any atom is -0.381 e. The van der Waals surface area contributed by atoms with Gasteiger partial charge in [-0.05, 0) is 25.2 Å². The molecule has 0 aromatic heterocycles. The van der Waals surface area contributed by atoms with Crippen LogP contribution in [0.3, 0.4) is 0 Å². The zero-order valence-corrected chi connectivity index (χ0v) is 9.26. The SMILES string of the molecule is CCC(=O)CCCOCC1CCCC1. The Morgan fingerprint density at radius 1 is 1.36 bits per heavy atom. The summed E-state index contributed by atoms with van der Waals surface area (Å²) in [6.07, 6.45) is 7.70. The molecule has 1 aliphatic rings. The zero-order valence-electron chi connectivity index (χ0n) is 9.26. The van der Waals surface area contributed by atoms with Crippen LogP contribution in [0.2, 0.25) is 0 Å². The molecule has 0 aromatic rings. The average molecular weight is 198 g/mol. The molecule has 82 valence electrons. The minimum atomic E-state index is 0.356. The van der Waals surface area contributed by atoms with E-state index in [0.717, 1.165) is 25.6 Å². The first kappa shape index (κ1) is 11.7. The van der Waals surface area contributed by atoms with Crippen molar-refractivity contribution in [3.63, 3.8) is 0 Å². The second kappa shape index (κ2) is 6.99. The summed E-state index contributed by atoms with van der Waals surface area (Å²) in [5.41, 5.74) is 0. The van der Waals surface area contributed by atoms with Crippen LogP contribution in [0.15, 0.2) is 0 Å². The first-order chi connectivity index (χ1) is 6.83. The molecule has 2 heteroatoms. The van der Waals surface area contributed by atoms with Gasteiger partial charge in [-0.1, -0.05) is 19.8 Å². The molecule has 0 saturated heterocycles. The molecule has 2 nitrogen and oxygen atoms in total. The lowest BCUT2D eigenvalue weighted by Gasteiger charge is -2.09. The molecule has 0 unspecified atom stereocenters. The molecule has 0 aromatic carbocycles. The van der Waals surface area contributed by atoms with Crippen molar-refractivity contribution < 1.29 is 9.53 Å². The summed E-state index contributed by atoms with van der Waals surface area (Å²) in [7, 11) is 0. The van der Waals surface area contributed by atoms with E-state index in [-0.39, 0.29) is 0 Å². The Morgan fingerprint density at radius 2 is 2.07 bits per heavy atom. The lowest BCUT2D eigenvalue weighted by atomic mass is 10.1. The van der Waals surface area contributed by atoms with E-state index >= 15 is 0 Å². The second-order valence-corrected chi connectivity index (χ2v) is 4.22. The van der Waals surface area contributed by atoms with E-state index in [0.29, 0.717) is 18.6 Å². The smallest absolute Gasteiger partial charge is 0.132 e. The summed E-state index contributed by atoms with van der Waals surface area (Å²) in [6.45, 7) is 3.60. The predicted molar refractivity (Wildman–Crippen MR) is 57.3 cm³/mol. The Labute approximate surface area is 87.0 Å². The van der Waals surface area contributed by atoms with Crippen LogP contribution in [-0.4, -0.2) is 19.0 Å². The number of Topliss-reactive ketones (excluding diaryl/α,β-unsaturated/α-hetero) is 1. The Kier molecular flexibility index (Phi) is 5.85. The number of ketones is 1. The van der Waals surface area contributed by atoms with E-state index in [9.17, 15) is 4.79 Å². The highest BCUT2D eigenvalue weighted by atomic mass is 16.5. The third kappa shape index (κ3) is 4.75. The Balaban J connectivity index is 1.86. The molecular formula is C12H22O2. The molecule has 1 fully saturated rings. The molecule has 1 aliphatic carbocycles. The van der Waals surface area contributed by atoms with E-state index in [1.807, 2.05) is 6.92 Å². The molecule has 1 rings (SSSR count). The van der Waals surface area contributed by atoms with E-state index < -0.39 is 0 Å². The maximum Gasteiger partial charge on any atom is 0.132 e. The quantitative estimate of drug-likeness (QED) is 0.588. The number of ether oxygens (including phenoxy) is 1. The van der Waals surface area contributed by atoms with Crippen molar-refractivity contribution in [1.82, 2.24) is 0 Å². The van der Waals surface area contributed by atoms with Crippen LogP contribution in [0.25, 0.3) is 0 Å². The molecule has 0 N–H and O–H groups in total. The monoisotopic (exact) mass is 198 g/mol. The molecule has 0 atom stereocenters. The maximum atomic E-state index is 11.0. The van der Waals surface area contributed by atoms with Crippen LogP contribution in [0.5, 0.6) is 0 Å². The average Bonchev–Trinajstić information content (AvgIpc) is 2.69. The van der Waals surface area contributed by atoms with Gasteiger partial charge in [0.15, 0.2) is 0 Å². The largest absolute Gasteiger partial charge is 0.381 e. The fraction of sp³-hybridized carbons (Fsp3) is 0.917. The molecule has 1 saturated carbocycles. The number of carbonyl (C=O) groups excluding carboxylic acids is 1. The first-order valence-electron chi connectivity index (χ1n) is 5.92. The lowest BCUT2D eigenvalue weighted by Crippen LogP contribution is -2.07. The fourth-order valence-corrected chi connectivity index (χ4v) is 1.98. The molecule has 0 amide bonds. The van der Waals surface area contributed by atoms with Gasteiger partial charge in [-0.3, -0.25) is 4.79 Å². The normalized spacial score (nSPS) is 17.5. The molecule has 0 radical (unpaired) electrons. The van der Waals surface area contributed by atoms with Crippen molar-refractivity contribution in [3.8, 4) is 0 Å². The molecule has 0 bridgehead atoms. The van der Waals surface area contributed by atoms with Gasteiger partial charge >= 0.3 is 0 Å². The Bertz CT molecular complexity index is 160. The van der Waals surface area contributed by atoms with Crippen molar-refractivity contribution in [3.05, 3.63) is 0 Å². The van der Waals surface area contributed by atoms with Crippen LogP contribution >= 0.6 is 0 Å². The zero-order chi connectivity index (χ0) is 10.2. The summed E-state index contributed by atoms with van der Waals surface area (Å²) >= 11 is 0. The van der Waals surface area contributed by atoms with Crippen molar-refractivity contribution >= 4 is 5.78 Å². The third-order valence-corrected chi connectivity index (χ3v) is 2.97. The third-order valence-electron chi connectivity index (χ3n) is 2.97. The van der Waals surface area contributed by atoms with Crippen LogP contribution in [0.1, 0.15) is 51.9 Å². The van der Waals surface area contributed by atoms with Gasteiger partial charge in [-0.25, -0.2) is 0 Å². The first-order valence-corrected chi connectivity index (χ1v) is 5.92. The van der Waals surface area contributed by atoms with Crippen molar-refractivity contribution in [2.24, 2.45) is 5.92 Å². The summed E-state index contributed by atoms with van der Waals surface area (Å²) < 4.78 is 5.56. The topological polar surface area (TPSA) is 26.3 Å². The maximum absolute atomic E-state index is 11.0. The van der Waals surface area contributed by atoms with E-state index in [1.54, 1.807) is 0 Å². The van der Waals surface area contributed by atoms with Gasteiger partial charge in [0, 0.05) is 26.1 Å². The summed E-state index contributed by atoms with van der Waals surface area (Å²) in [4.78, 5) is 11.0. The number of hydrogen-bond acceptors (Lipinski definition) is 2. The number of hydrogen-bond donors (Lipinski definition) is 0. The van der Waals surface area contributed by atoms with Crippen molar-refractivity contribution in [1.29, 1.82) is 0 Å². The Hall–Kier alpha value is -0.370. The molecule has 14 heavy (non-hydrogen) atoms. The standard InChI is InChI=1S/C12H22O2/c1-2-12(13)8-5-9-14-10-11-6-3-4-7-11/h11H,2-10H2,1H3. The van der Waals surface area contributed by atoms with Gasteiger partial charge in [-0.15, -0.1) is 0 Å². The number of carbonyl (C=O) groups is 1. The van der Waals surface area contributed by atoms with Gasteiger partial charge in [0.25, 0.3) is 0 Å². The van der Waals surface area contributed by atoms with Crippen molar-refractivity contribution in [2.45, 2.75) is 51.9 Å². The molecule has 0 spiro atoms. The molecule has 0 heterocycles. The van der Waals surface area contributed by atoms with Gasteiger partial charge in [0.1, 0.15) is 5.78 Å². The van der Waals surface area contributed by atoms with Crippen LogP contribution in [-0.2, 0) is 9.53 Å². The highest BCUT2D eigenvalue weighted by Crippen LogP contribution is 2.24. The summed E-state index contributed by atoms with van der Waals surface area (Å²) in [5, 5.41) is 0. The van der Waals surface area contributed by atoms with E-state index in [4.69, 9.17) is 4.74 Å². The summed E-state index contributed by atoms with van der Waals surface area (Å²) in [6, 6.07) is 0. The fourth-order valence-electron chi connectivity index (χ4n) is 1.98. The minimum absolute atomic E-state index is 0.356. The predicted octanol–water partition coefficient (Wildman–Crippen LogP) is 2.95. The van der Waals surface area contributed by atoms with Crippen LogP contribution < -0.4 is 0 Å². The van der Waals surface area contributed by atoms with E-state index in [2.05, 4.69) is 0 Å². The number of rotatable bonds is 7. The van der Waals surface area contributed by atoms with Gasteiger partial charge in [0.2, 0.25) is 0 Å². The van der Waals surface area contributed by atoms with Gasteiger partial charge in [0.05, 0.1) is 0 Å². The Morgan fingerprint density at radius 3 is 2.71 bits per heavy atom. The van der Waals surface area contributed by atoms with Crippen LogP contribution in [0.4, 0.5) is 0 Å². The lowest BCUT2D eigenvalue weighted by molar-refractivity contribution is -0.119. The second-order valence-electron chi connectivity index (χ2n) is 4.22. The highest BCUT2D eigenvalue weighted by Gasteiger charge is 2.14. The van der Waals surface area contributed by atoms with Crippen LogP contribution in [0, 0.1) is 5.92 Å². The highest BCUT2D eigenvalue weighted by molar-refractivity contribution is 5.77. The molecular weight excluding hydrogens is 176 g/mol. The summed E-state index contributed by atoms with van der Waals surface area (Å²) in [5.74, 6) is 1.16. The van der Waals surface area contributed by atoms with Gasteiger partial charge in [-0.2, -0.15) is 0 Å².